The van der Waals surface area contributed by atoms with Crippen LogP contribution in [0.1, 0.15) is 16.2 Å². The predicted octanol–water partition coefficient (Wildman–Crippen LogP) is 3.01. The summed E-state index contributed by atoms with van der Waals surface area (Å²) in [6.45, 7) is 1.63. The molecule has 1 N–H and O–H groups in total. The van der Waals surface area contributed by atoms with Crippen molar-refractivity contribution in [2.45, 2.75) is 6.92 Å². The second-order valence-corrected chi connectivity index (χ2v) is 4.02. The average molecular weight is 268 g/mol. The Balaban J connectivity index is 2.62. The van der Waals surface area contributed by atoms with Crippen LogP contribution < -0.4 is 4.74 Å². The highest BCUT2D eigenvalue weighted by Crippen LogP contribution is 2.35. The highest BCUT2D eigenvalue weighted by molar-refractivity contribution is 6.33. The minimum absolute atomic E-state index is 0.153. The van der Waals surface area contributed by atoms with Gasteiger partial charge in [-0.05, 0) is 25.1 Å². The van der Waals surface area contributed by atoms with Gasteiger partial charge in [0, 0.05) is 5.56 Å². The second-order valence-electron chi connectivity index (χ2n) is 3.61. The Bertz CT molecular complexity index is 606. The lowest BCUT2D eigenvalue weighted by Crippen LogP contribution is -1.99. The Hall–Kier alpha value is -2.01. The van der Waals surface area contributed by atoms with Gasteiger partial charge in [-0.1, -0.05) is 16.8 Å². The van der Waals surface area contributed by atoms with Gasteiger partial charge in [-0.3, -0.25) is 0 Å². The van der Waals surface area contributed by atoms with Crippen molar-refractivity contribution in [1.29, 1.82) is 0 Å². The summed E-state index contributed by atoms with van der Waals surface area (Å²) < 4.78 is 9.94. The number of methoxy groups -OCH3 is 1. The van der Waals surface area contributed by atoms with Crippen molar-refractivity contribution in [3.8, 4) is 16.9 Å². The number of aromatic nitrogens is 1. The third-order valence-electron chi connectivity index (χ3n) is 2.51. The van der Waals surface area contributed by atoms with Crippen molar-refractivity contribution in [2.75, 3.05) is 7.11 Å². The molecule has 0 aliphatic heterocycles. The zero-order valence-electron chi connectivity index (χ0n) is 9.73. The summed E-state index contributed by atoms with van der Waals surface area (Å²) in [4.78, 5) is 11.1. The minimum Gasteiger partial charge on any atom is -0.497 e. The van der Waals surface area contributed by atoms with Crippen molar-refractivity contribution in [1.82, 2.24) is 5.16 Å². The van der Waals surface area contributed by atoms with Crippen LogP contribution >= 0.6 is 11.6 Å². The van der Waals surface area contributed by atoms with Gasteiger partial charge < -0.3 is 14.4 Å². The van der Waals surface area contributed by atoms with Gasteiger partial charge >= 0.3 is 5.97 Å². The quantitative estimate of drug-likeness (QED) is 0.925. The largest absolute Gasteiger partial charge is 0.497 e. The summed E-state index contributed by atoms with van der Waals surface area (Å²) in [5, 5.41) is 12.9. The zero-order chi connectivity index (χ0) is 13.3. The highest BCUT2D eigenvalue weighted by atomic mass is 35.5. The zero-order valence-corrected chi connectivity index (χ0v) is 10.5. The van der Waals surface area contributed by atoms with Crippen molar-refractivity contribution in [2.24, 2.45) is 0 Å². The van der Waals surface area contributed by atoms with Gasteiger partial charge in [-0.15, -0.1) is 0 Å². The third-order valence-corrected chi connectivity index (χ3v) is 2.82. The van der Waals surface area contributed by atoms with E-state index in [-0.39, 0.29) is 5.69 Å². The minimum atomic E-state index is -1.16. The number of carbonyl (C=O) groups is 1. The molecule has 1 aromatic heterocycles. The van der Waals surface area contributed by atoms with Crippen LogP contribution in [0, 0.1) is 6.92 Å². The molecule has 0 bridgehead atoms. The number of nitrogens with zero attached hydrogens (tertiary/aromatic N) is 1. The van der Waals surface area contributed by atoms with E-state index in [1.54, 1.807) is 25.1 Å². The molecular formula is C12H10ClNO4. The first kappa shape index (κ1) is 12.4. The molecular weight excluding hydrogens is 258 g/mol. The molecule has 1 heterocycles. The number of hydrogen-bond acceptors (Lipinski definition) is 4. The Kier molecular flexibility index (Phi) is 3.25. The fourth-order valence-electron chi connectivity index (χ4n) is 1.66. The molecule has 2 aromatic rings. The molecule has 0 fully saturated rings. The Labute approximate surface area is 108 Å². The van der Waals surface area contributed by atoms with Gasteiger partial charge in [0.1, 0.15) is 11.5 Å². The molecule has 0 aliphatic rings. The van der Waals surface area contributed by atoms with Crippen LogP contribution in [-0.4, -0.2) is 23.3 Å². The Morgan fingerprint density at radius 1 is 1.50 bits per heavy atom. The lowest BCUT2D eigenvalue weighted by atomic mass is 10.0. The molecule has 0 saturated carbocycles. The maximum Gasteiger partial charge on any atom is 0.358 e. The van der Waals surface area contributed by atoms with Crippen molar-refractivity contribution in [3.05, 3.63) is 34.7 Å². The molecule has 5 nitrogen and oxygen atoms in total. The van der Waals surface area contributed by atoms with E-state index in [9.17, 15) is 4.79 Å². The van der Waals surface area contributed by atoms with E-state index >= 15 is 0 Å². The smallest absolute Gasteiger partial charge is 0.358 e. The number of rotatable bonds is 3. The average Bonchev–Trinajstić information content (AvgIpc) is 2.71. The topological polar surface area (TPSA) is 72.6 Å². The van der Waals surface area contributed by atoms with Crippen LogP contribution in [0.15, 0.2) is 22.7 Å². The second kappa shape index (κ2) is 4.70. The summed E-state index contributed by atoms with van der Waals surface area (Å²) in [5.74, 6) is -0.164. The molecule has 0 radical (unpaired) electrons. The number of carboxylic acids is 1. The predicted molar refractivity (Wildman–Crippen MR) is 65.2 cm³/mol. The lowest BCUT2D eigenvalue weighted by Gasteiger charge is -2.06. The molecule has 2 rings (SSSR count). The summed E-state index contributed by atoms with van der Waals surface area (Å²) >= 11 is 6.11. The number of benzene rings is 1. The monoisotopic (exact) mass is 267 g/mol. The van der Waals surface area contributed by atoms with E-state index in [4.69, 9.17) is 26.0 Å². The SMILES string of the molecule is COc1ccc(-c2c(C(=O)O)noc2C)c(Cl)c1. The maximum atomic E-state index is 11.1. The third kappa shape index (κ3) is 2.04. The molecule has 0 saturated heterocycles. The van der Waals surface area contributed by atoms with Crippen LogP contribution in [0.4, 0.5) is 0 Å². The van der Waals surface area contributed by atoms with Gasteiger partial charge in [0.25, 0.3) is 0 Å². The van der Waals surface area contributed by atoms with Crippen LogP contribution in [0.5, 0.6) is 5.75 Å². The van der Waals surface area contributed by atoms with Crippen LogP contribution in [0.25, 0.3) is 11.1 Å². The number of halogens is 1. The molecule has 94 valence electrons. The number of hydrogen-bond donors (Lipinski definition) is 1. The van der Waals surface area contributed by atoms with Gasteiger partial charge in [0.15, 0.2) is 5.69 Å². The van der Waals surface area contributed by atoms with Crippen LogP contribution in [0.2, 0.25) is 5.02 Å². The standard InChI is InChI=1S/C12H10ClNO4/c1-6-10(11(12(15)16)14-18-6)8-4-3-7(17-2)5-9(8)13/h3-5H,1-2H3,(H,15,16). The summed E-state index contributed by atoms with van der Waals surface area (Å²) in [6.07, 6.45) is 0. The number of aryl methyl sites for hydroxylation is 1. The summed E-state index contributed by atoms with van der Waals surface area (Å²) in [5.41, 5.74) is 0.781. The van der Waals surface area contributed by atoms with Crippen LogP contribution in [-0.2, 0) is 0 Å². The number of aromatic carboxylic acids is 1. The number of carboxylic acid groups (broad SMARTS) is 1. The summed E-state index contributed by atoms with van der Waals surface area (Å²) in [7, 11) is 1.53. The highest BCUT2D eigenvalue weighted by Gasteiger charge is 2.22. The first-order chi connectivity index (χ1) is 8.54. The van der Waals surface area contributed by atoms with Crippen molar-refractivity contribution < 1.29 is 19.2 Å². The molecule has 0 atom stereocenters. The van der Waals surface area contributed by atoms with E-state index in [0.717, 1.165) is 0 Å². The fourth-order valence-corrected chi connectivity index (χ4v) is 1.93. The van der Waals surface area contributed by atoms with Crippen molar-refractivity contribution >= 4 is 17.6 Å². The molecule has 0 amide bonds. The van der Waals surface area contributed by atoms with Gasteiger partial charge in [0.05, 0.1) is 17.7 Å². The maximum absolute atomic E-state index is 11.1. The van der Waals surface area contributed by atoms with Crippen molar-refractivity contribution in [3.63, 3.8) is 0 Å². The molecule has 0 aliphatic carbocycles. The normalized spacial score (nSPS) is 10.4. The van der Waals surface area contributed by atoms with Gasteiger partial charge in [0.2, 0.25) is 0 Å². The molecule has 0 unspecified atom stereocenters. The van der Waals surface area contributed by atoms with E-state index in [2.05, 4.69) is 5.16 Å². The van der Waals surface area contributed by atoms with E-state index < -0.39 is 5.97 Å². The lowest BCUT2D eigenvalue weighted by molar-refractivity contribution is 0.0686. The van der Waals surface area contributed by atoms with Gasteiger partial charge in [-0.2, -0.15) is 0 Å². The van der Waals surface area contributed by atoms with Crippen LogP contribution in [0.3, 0.4) is 0 Å². The van der Waals surface area contributed by atoms with E-state index in [0.29, 0.717) is 27.7 Å². The summed E-state index contributed by atoms with van der Waals surface area (Å²) in [6, 6.07) is 4.97. The van der Waals surface area contributed by atoms with Gasteiger partial charge in [-0.25, -0.2) is 4.79 Å². The first-order valence-electron chi connectivity index (χ1n) is 5.08. The Morgan fingerprint density at radius 3 is 2.78 bits per heavy atom. The van der Waals surface area contributed by atoms with E-state index in [1.807, 2.05) is 0 Å². The Morgan fingerprint density at radius 2 is 2.22 bits per heavy atom. The van der Waals surface area contributed by atoms with E-state index in [1.165, 1.54) is 7.11 Å². The fraction of sp³-hybridized carbons (Fsp3) is 0.167. The molecule has 6 heteroatoms. The number of ether oxygens (including phenoxy) is 1. The molecule has 0 spiro atoms. The first-order valence-corrected chi connectivity index (χ1v) is 5.46. The molecule has 18 heavy (non-hydrogen) atoms. The molecule has 1 aromatic carbocycles.